The number of hydrogen-bond donors (Lipinski definition) is 1. The van der Waals surface area contributed by atoms with Gasteiger partial charge in [0, 0.05) is 45.0 Å². The quantitative estimate of drug-likeness (QED) is 0.839. The Morgan fingerprint density at radius 2 is 1.66 bits per heavy atom. The molecule has 1 aromatic carbocycles. The zero-order chi connectivity index (χ0) is 20.2. The Balaban J connectivity index is 1.45. The number of pyridine rings is 1. The highest BCUT2D eigenvalue weighted by Crippen LogP contribution is 2.29. The number of ether oxygens (including phenoxy) is 1. The molecule has 0 atom stereocenters. The summed E-state index contributed by atoms with van der Waals surface area (Å²) in [6.45, 7) is 6.47. The zero-order valence-corrected chi connectivity index (χ0v) is 17.2. The lowest BCUT2D eigenvalue weighted by molar-refractivity contribution is 0.0331. The minimum absolute atomic E-state index is 0.108. The van der Waals surface area contributed by atoms with Crippen molar-refractivity contribution >= 4 is 0 Å². The Hall–Kier alpha value is -2.15. The Bertz CT molecular complexity index is 867. The predicted molar refractivity (Wildman–Crippen MR) is 113 cm³/mol. The average molecular weight is 398 g/mol. The Morgan fingerprint density at radius 3 is 2.34 bits per heavy atom. The number of nitrogens with zero attached hydrogens (tertiary/aromatic N) is 3. The fourth-order valence-corrected chi connectivity index (χ4v) is 4.47. The van der Waals surface area contributed by atoms with E-state index in [9.17, 15) is 9.90 Å². The maximum Gasteiger partial charge on any atom is 0.223 e. The van der Waals surface area contributed by atoms with Crippen LogP contribution in [0.15, 0.2) is 41.2 Å². The van der Waals surface area contributed by atoms with E-state index in [0.717, 1.165) is 63.6 Å². The molecule has 0 amide bonds. The highest BCUT2D eigenvalue weighted by atomic mass is 16.5. The van der Waals surface area contributed by atoms with Crippen LogP contribution in [0.4, 0.5) is 0 Å². The number of hydrogen-bond acceptors (Lipinski definition) is 5. The van der Waals surface area contributed by atoms with Gasteiger partial charge in [0.1, 0.15) is 0 Å². The van der Waals surface area contributed by atoms with E-state index in [0.29, 0.717) is 19.0 Å². The number of benzene rings is 1. The van der Waals surface area contributed by atoms with Gasteiger partial charge >= 0.3 is 0 Å². The minimum Gasteiger partial charge on any atom is -0.503 e. The summed E-state index contributed by atoms with van der Waals surface area (Å²) in [6.07, 6.45) is 2.21. The first-order chi connectivity index (χ1) is 14.1. The summed E-state index contributed by atoms with van der Waals surface area (Å²) in [5.74, 6) is 0.487. The van der Waals surface area contributed by atoms with E-state index in [1.54, 1.807) is 6.07 Å². The molecular weight excluding hydrogens is 366 g/mol. The van der Waals surface area contributed by atoms with Gasteiger partial charge in [-0.3, -0.25) is 14.6 Å². The Labute approximate surface area is 172 Å². The van der Waals surface area contributed by atoms with Crippen molar-refractivity contribution < 1.29 is 9.84 Å². The molecule has 2 aliphatic rings. The van der Waals surface area contributed by atoms with Crippen molar-refractivity contribution in [2.75, 3.05) is 39.4 Å². The second kappa shape index (κ2) is 9.11. The van der Waals surface area contributed by atoms with Gasteiger partial charge in [-0.2, -0.15) is 0 Å². The van der Waals surface area contributed by atoms with E-state index in [2.05, 4.69) is 40.1 Å². The maximum atomic E-state index is 12.4. The summed E-state index contributed by atoms with van der Waals surface area (Å²) in [7, 11) is 1.96. The highest BCUT2D eigenvalue weighted by Gasteiger charge is 2.23. The van der Waals surface area contributed by atoms with E-state index in [1.165, 1.54) is 5.56 Å². The van der Waals surface area contributed by atoms with Crippen molar-refractivity contribution in [3.63, 3.8) is 0 Å². The number of aromatic nitrogens is 1. The summed E-state index contributed by atoms with van der Waals surface area (Å²) in [5, 5.41) is 10.5. The molecule has 2 saturated heterocycles. The molecular formula is C23H31N3O3. The lowest BCUT2D eigenvalue weighted by atomic mass is 9.89. The van der Waals surface area contributed by atoms with Gasteiger partial charge in [-0.1, -0.05) is 30.3 Å². The SMILES string of the molecule is Cn1c(CN2CCOCC2)cc(=O)c(O)c1CN1CCC(c2ccccc2)CC1. The van der Waals surface area contributed by atoms with Crippen molar-refractivity contribution in [1.29, 1.82) is 0 Å². The number of rotatable bonds is 5. The molecule has 6 heteroatoms. The molecule has 1 N–H and O–H groups in total. The first kappa shape index (κ1) is 20.1. The molecule has 0 unspecified atom stereocenters. The number of aromatic hydroxyl groups is 1. The first-order valence-electron chi connectivity index (χ1n) is 10.6. The minimum atomic E-state index is -0.277. The van der Waals surface area contributed by atoms with Crippen LogP contribution in [0, 0.1) is 0 Å². The van der Waals surface area contributed by atoms with Crippen molar-refractivity contribution in [1.82, 2.24) is 14.4 Å². The molecule has 1 aromatic heterocycles. The van der Waals surface area contributed by atoms with Crippen LogP contribution >= 0.6 is 0 Å². The molecule has 156 valence electrons. The molecule has 0 saturated carbocycles. The third kappa shape index (κ3) is 4.71. The fourth-order valence-electron chi connectivity index (χ4n) is 4.47. The number of likely N-dealkylation sites (tertiary alicyclic amines) is 1. The first-order valence-corrected chi connectivity index (χ1v) is 10.6. The standard InChI is InChI=1S/C23H31N3O3/c1-24-20(16-26-11-13-29-14-12-26)15-22(27)23(28)21(24)17-25-9-7-19(8-10-25)18-5-3-2-4-6-18/h2-6,15,19,28H,7-14,16-17H2,1H3. The van der Waals surface area contributed by atoms with Crippen LogP contribution in [-0.4, -0.2) is 58.9 Å². The van der Waals surface area contributed by atoms with E-state index in [4.69, 9.17) is 4.74 Å². The normalized spacial score (nSPS) is 19.5. The summed E-state index contributed by atoms with van der Waals surface area (Å²) in [6, 6.07) is 12.3. The fraction of sp³-hybridized carbons (Fsp3) is 0.522. The molecule has 2 fully saturated rings. The van der Waals surface area contributed by atoms with Crippen molar-refractivity contribution in [2.24, 2.45) is 7.05 Å². The van der Waals surface area contributed by atoms with E-state index >= 15 is 0 Å². The average Bonchev–Trinajstić information content (AvgIpc) is 2.77. The van der Waals surface area contributed by atoms with Gasteiger partial charge in [0.15, 0.2) is 5.75 Å². The molecule has 0 radical (unpaired) electrons. The van der Waals surface area contributed by atoms with Gasteiger partial charge in [0.05, 0.1) is 18.9 Å². The van der Waals surface area contributed by atoms with E-state index in [-0.39, 0.29) is 11.2 Å². The van der Waals surface area contributed by atoms with Crippen LogP contribution in [0.2, 0.25) is 0 Å². The topological polar surface area (TPSA) is 57.9 Å². The zero-order valence-electron chi connectivity index (χ0n) is 17.2. The molecule has 0 spiro atoms. The maximum absolute atomic E-state index is 12.4. The Kier molecular flexibility index (Phi) is 6.33. The molecule has 0 bridgehead atoms. The van der Waals surface area contributed by atoms with Crippen LogP contribution in [0.3, 0.4) is 0 Å². The largest absolute Gasteiger partial charge is 0.503 e. The summed E-state index contributed by atoms with van der Waals surface area (Å²) >= 11 is 0. The molecule has 29 heavy (non-hydrogen) atoms. The molecule has 2 aromatic rings. The second-order valence-electron chi connectivity index (χ2n) is 8.20. The third-order valence-corrected chi connectivity index (χ3v) is 6.36. The molecule has 0 aliphatic carbocycles. The lowest BCUT2D eigenvalue weighted by Gasteiger charge is -2.33. The van der Waals surface area contributed by atoms with Crippen LogP contribution in [0.1, 0.15) is 35.7 Å². The van der Waals surface area contributed by atoms with Crippen molar-refractivity contribution in [2.45, 2.75) is 31.8 Å². The second-order valence-corrected chi connectivity index (χ2v) is 8.20. The van der Waals surface area contributed by atoms with Gasteiger partial charge < -0.3 is 14.4 Å². The van der Waals surface area contributed by atoms with E-state index in [1.807, 2.05) is 11.6 Å². The van der Waals surface area contributed by atoms with Crippen LogP contribution in [-0.2, 0) is 24.9 Å². The van der Waals surface area contributed by atoms with Gasteiger partial charge in [-0.15, -0.1) is 0 Å². The van der Waals surface area contributed by atoms with Crippen molar-refractivity contribution in [3.05, 3.63) is 63.6 Å². The smallest absolute Gasteiger partial charge is 0.223 e. The monoisotopic (exact) mass is 397 g/mol. The molecule has 6 nitrogen and oxygen atoms in total. The Morgan fingerprint density at radius 1 is 1.00 bits per heavy atom. The van der Waals surface area contributed by atoms with Crippen LogP contribution < -0.4 is 5.43 Å². The summed E-state index contributed by atoms with van der Waals surface area (Å²) in [5.41, 5.74) is 2.80. The highest BCUT2D eigenvalue weighted by molar-refractivity contribution is 5.30. The molecule has 3 heterocycles. The number of morpholine rings is 1. The summed E-state index contributed by atoms with van der Waals surface area (Å²) < 4.78 is 7.43. The number of piperidine rings is 1. The lowest BCUT2D eigenvalue weighted by Crippen LogP contribution is -2.37. The van der Waals surface area contributed by atoms with Gasteiger partial charge in [0.2, 0.25) is 5.43 Å². The van der Waals surface area contributed by atoms with Gasteiger partial charge in [-0.05, 0) is 37.4 Å². The molecule has 4 rings (SSSR count). The summed E-state index contributed by atoms with van der Waals surface area (Å²) in [4.78, 5) is 17.1. The third-order valence-electron chi connectivity index (χ3n) is 6.36. The van der Waals surface area contributed by atoms with Crippen LogP contribution in [0.5, 0.6) is 5.75 Å². The van der Waals surface area contributed by atoms with Crippen LogP contribution in [0.25, 0.3) is 0 Å². The van der Waals surface area contributed by atoms with Gasteiger partial charge in [-0.25, -0.2) is 0 Å². The predicted octanol–water partition coefficient (Wildman–Crippen LogP) is 2.30. The van der Waals surface area contributed by atoms with Crippen molar-refractivity contribution in [3.8, 4) is 5.75 Å². The molecule has 2 aliphatic heterocycles. The van der Waals surface area contributed by atoms with E-state index < -0.39 is 0 Å². The van der Waals surface area contributed by atoms with Gasteiger partial charge in [0.25, 0.3) is 0 Å².